The van der Waals surface area contributed by atoms with Crippen molar-refractivity contribution in [3.63, 3.8) is 0 Å². The van der Waals surface area contributed by atoms with Crippen molar-refractivity contribution >= 4 is 0 Å². The van der Waals surface area contributed by atoms with E-state index in [-0.39, 0.29) is 11.6 Å². The van der Waals surface area contributed by atoms with E-state index in [1.807, 2.05) is 0 Å². The summed E-state index contributed by atoms with van der Waals surface area (Å²) in [6.45, 7) is 5.20. The molecule has 0 bridgehead atoms. The molecule has 0 spiro atoms. The van der Waals surface area contributed by atoms with E-state index in [9.17, 15) is 4.39 Å². The minimum Gasteiger partial charge on any atom is -0.494 e. The lowest BCUT2D eigenvalue weighted by atomic mass is 10.2. The topological polar surface area (TPSA) is 42.5 Å². The molecule has 1 atom stereocenters. The number of halogens is 1. The summed E-state index contributed by atoms with van der Waals surface area (Å²) >= 11 is 0. The van der Waals surface area contributed by atoms with Crippen LogP contribution in [0, 0.1) is 5.82 Å². The second-order valence-electron chi connectivity index (χ2n) is 4.45. The van der Waals surface area contributed by atoms with Gasteiger partial charge in [0.2, 0.25) is 0 Å². The van der Waals surface area contributed by atoms with Crippen molar-refractivity contribution < 1.29 is 13.9 Å². The van der Waals surface area contributed by atoms with E-state index in [2.05, 4.69) is 17.6 Å². The van der Waals surface area contributed by atoms with E-state index in [4.69, 9.17) is 9.47 Å². The first kappa shape index (κ1) is 15.9. The first-order valence-electron chi connectivity index (χ1n) is 6.42. The molecule has 19 heavy (non-hydrogen) atoms. The van der Waals surface area contributed by atoms with Crippen LogP contribution < -0.4 is 15.4 Å². The first-order valence-corrected chi connectivity index (χ1v) is 6.42. The van der Waals surface area contributed by atoms with Crippen molar-refractivity contribution in [3.05, 3.63) is 29.6 Å². The van der Waals surface area contributed by atoms with Gasteiger partial charge in [0, 0.05) is 32.8 Å². The monoisotopic (exact) mass is 270 g/mol. The number of ether oxygens (including phenoxy) is 2. The lowest BCUT2D eigenvalue weighted by molar-refractivity contribution is 0.198. The van der Waals surface area contributed by atoms with Gasteiger partial charge in [-0.2, -0.15) is 0 Å². The third-order valence-electron chi connectivity index (χ3n) is 2.80. The molecule has 0 aliphatic heterocycles. The molecule has 0 saturated heterocycles. The minimum absolute atomic E-state index is 0.283. The fourth-order valence-corrected chi connectivity index (χ4v) is 1.67. The number of benzene rings is 1. The van der Waals surface area contributed by atoms with Gasteiger partial charge >= 0.3 is 0 Å². The highest BCUT2D eigenvalue weighted by molar-refractivity contribution is 5.30. The molecule has 4 nitrogen and oxygen atoms in total. The Bertz CT molecular complexity index is 374. The maximum Gasteiger partial charge on any atom is 0.165 e. The molecule has 0 amide bonds. The van der Waals surface area contributed by atoms with Crippen LogP contribution in [0.5, 0.6) is 5.75 Å². The van der Waals surface area contributed by atoms with Gasteiger partial charge in [-0.1, -0.05) is 6.07 Å². The van der Waals surface area contributed by atoms with Gasteiger partial charge in [-0.3, -0.25) is 0 Å². The van der Waals surface area contributed by atoms with Crippen LogP contribution in [0.1, 0.15) is 12.5 Å². The van der Waals surface area contributed by atoms with Crippen molar-refractivity contribution in [2.75, 3.05) is 33.9 Å². The van der Waals surface area contributed by atoms with Crippen molar-refractivity contribution in [2.45, 2.75) is 19.5 Å². The summed E-state index contributed by atoms with van der Waals surface area (Å²) in [6.07, 6.45) is 0. The fourth-order valence-electron chi connectivity index (χ4n) is 1.67. The Kier molecular flexibility index (Phi) is 7.40. The van der Waals surface area contributed by atoms with Crippen LogP contribution in [-0.4, -0.2) is 40.0 Å². The number of hydrogen-bond donors (Lipinski definition) is 2. The fraction of sp³-hybridized carbons (Fsp3) is 0.571. The average Bonchev–Trinajstić information content (AvgIpc) is 2.42. The highest BCUT2D eigenvalue weighted by atomic mass is 19.1. The molecule has 1 rings (SSSR count). The van der Waals surface area contributed by atoms with Gasteiger partial charge in [-0.25, -0.2) is 4.39 Å². The van der Waals surface area contributed by atoms with Crippen LogP contribution in [0.3, 0.4) is 0 Å². The maximum absolute atomic E-state index is 13.2. The Morgan fingerprint density at radius 3 is 2.79 bits per heavy atom. The molecule has 0 saturated carbocycles. The van der Waals surface area contributed by atoms with E-state index in [0.29, 0.717) is 19.2 Å². The van der Waals surface area contributed by atoms with Gasteiger partial charge in [-0.05, 0) is 24.6 Å². The summed E-state index contributed by atoms with van der Waals surface area (Å²) in [5.41, 5.74) is 1.00. The molecule has 0 aliphatic rings. The third-order valence-corrected chi connectivity index (χ3v) is 2.80. The van der Waals surface area contributed by atoms with Crippen LogP contribution in [0.4, 0.5) is 4.39 Å². The Hall–Kier alpha value is -1.17. The van der Waals surface area contributed by atoms with E-state index >= 15 is 0 Å². The van der Waals surface area contributed by atoms with Crippen LogP contribution in [0.15, 0.2) is 18.2 Å². The van der Waals surface area contributed by atoms with Crippen molar-refractivity contribution in [1.82, 2.24) is 10.6 Å². The van der Waals surface area contributed by atoms with E-state index in [0.717, 1.165) is 18.7 Å². The zero-order chi connectivity index (χ0) is 14.1. The molecule has 1 unspecified atom stereocenters. The second-order valence-corrected chi connectivity index (χ2v) is 4.45. The number of hydrogen-bond acceptors (Lipinski definition) is 4. The highest BCUT2D eigenvalue weighted by Crippen LogP contribution is 2.17. The molecular weight excluding hydrogens is 247 g/mol. The molecule has 1 aromatic carbocycles. The van der Waals surface area contributed by atoms with Gasteiger partial charge in [-0.15, -0.1) is 0 Å². The Balaban J connectivity index is 2.31. The van der Waals surface area contributed by atoms with E-state index in [1.54, 1.807) is 19.2 Å². The molecule has 0 fully saturated rings. The van der Waals surface area contributed by atoms with Crippen LogP contribution in [0.25, 0.3) is 0 Å². The van der Waals surface area contributed by atoms with Gasteiger partial charge in [0.1, 0.15) is 0 Å². The van der Waals surface area contributed by atoms with Crippen LogP contribution in [-0.2, 0) is 11.3 Å². The van der Waals surface area contributed by atoms with Gasteiger partial charge in [0.25, 0.3) is 0 Å². The van der Waals surface area contributed by atoms with Crippen LogP contribution >= 0.6 is 0 Å². The lowest BCUT2D eigenvalue weighted by Gasteiger charge is -2.15. The van der Waals surface area contributed by atoms with Crippen molar-refractivity contribution in [1.29, 1.82) is 0 Å². The zero-order valence-electron chi connectivity index (χ0n) is 11.8. The number of rotatable bonds is 9. The SMILES string of the molecule is COCCNCC(C)NCc1ccc(F)c(OC)c1. The summed E-state index contributed by atoms with van der Waals surface area (Å²) in [4.78, 5) is 0. The van der Waals surface area contributed by atoms with E-state index < -0.39 is 0 Å². The summed E-state index contributed by atoms with van der Waals surface area (Å²) in [7, 11) is 3.16. The van der Waals surface area contributed by atoms with Gasteiger partial charge in [0.05, 0.1) is 13.7 Å². The molecule has 0 aromatic heterocycles. The summed E-state index contributed by atoms with van der Waals surface area (Å²) < 4.78 is 23.2. The molecule has 1 aromatic rings. The Labute approximate surface area is 114 Å². The predicted molar refractivity (Wildman–Crippen MR) is 74.0 cm³/mol. The van der Waals surface area contributed by atoms with Crippen molar-refractivity contribution in [3.8, 4) is 5.75 Å². The molecule has 108 valence electrons. The summed E-state index contributed by atoms with van der Waals surface area (Å²) in [6, 6.07) is 5.23. The lowest BCUT2D eigenvalue weighted by Crippen LogP contribution is -2.37. The normalized spacial score (nSPS) is 12.4. The smallest absolute Gasteiger partial charge is 0.165 e. The van der Waals surface area contributed by atoms with Crippen molar-refractivity contribution in [2.24, 2.45) is 0 Å². The molecule has 0 heterocycles. The first-order chi connectivity index (χ1) is 9.17. The third kappa shape index (κ3) is 6.00. The highest BCUT2D eigenvalue weighted by Gasteiger charge is 2.05. The molecule has 2 N–H and O–H groups in total. The van der Waals surface area contributed by atoms with Crippen LogP contribution in [0.2, 0.25) is 0 Å². The van der Waals surface area contributed by atoms with E-state index in [1.165, 1.54) is 13.2 Å². The molecule has 5 heteroatoms. The summed E-state index contributed by atoms with van der Waals surface area (Å²) in [5, 5.41) is 6.65. The Morgan fingerprint density at radius 1 is 1.32 bits per heavy atom. The average molecular weight is 270 g/mol. The summed E-state index contributed by atoms with van der Waals surface area (Å²) in [5.74, 6) is -0.0503. The number of nitrogens with one attached hydrogen (secondary N) is 2. The van der Waals surface area contributed by atoms with Gasteiger partial charge < -0.3 is 20.1 Å². The van der Waals surface area contributed by atoms with Gasteiger partial charge in [0.15, 0.2) is 11.6 Å². The number of methoxy groups -OCH3 is 2. The predicted octanol–water partition coefficient (Wildman–Crippen LogP) is 1.55. The molecular formula is C14H23FN2O2. The second kappa shape index (κ2) is 8.85. The Morgan fingerprint density at radius 2 is 2.11 bits per heavy atom. The maximum atomic E-state index is 13.2. The standard InChI is InChI=1S/C14H23FN2O2/c1-11(9-16-6-7-18-2)17-10-12-4-5-13(15)14(8-12)19-3/h4-5,8,11,16-17H,6-7,9-10H2,1-3H3. The molecule has 0 aliphatic carbocycles. The zero-order valence-corrected chi connectivity index (χ0v) is 11.8. The quantitative estimate of drug-likeness (QED) is 0.668. The largest absolute Gasteiger partial charge is 0.494 e. The minimum atomic E-state index is -0.333. The molecule has 0 radical (unpaired) electrons.